The van der Waals surface area contributed by atoms with Crippen LogP contribution in [0.1, 0.15) is 54.8 Å². The number of hydrogen-bond acceptors (Lipinski definition) is 6. The molecule has 0 unspecified atom stereocenters. The van der Waals surface area contributed by atoms with Crippen LogP contribution in [0.25, 0.3) is 0 Å². The van der Waals surface area contributed by atoms with Crippen LogP contribution in [0.2, 0.25) is 0 Å². The lowest BCUT2D eigenvalue weighted by Gasteiger charge is -2.14. The van der Waals surface area contributed by atoms with Crippen molar-refractivity contribution in [3.05, 3.63) is 89.0 Å². The molecule has 4 rings (SSSR count). The molecular weight excluding hydrogens is 422 g/mol. The van der Waals surface area contributed by atoms with E-state index in [1.807, 2.05) is 6.92 Å². The lowest BCUT2D eigenvalue weighted by atomic mass is 10.1. The highest BCUT2D eigenvalue weighted by molar-refractivity contribution is 6.34. The maximum absolute atomic E-state index is 13.0. The number of rotatable bonds is 6. The van der Waals surface area contributed by atoms with Crippen molar-refractivity contribution >= 4 is 40.8 Å². The fourth-order valence-electron chi connectivity index (χ4n) is 3.42. The summed E-state index contributed by atoms with van der Waals surface area (Å²) in [5.41, 5.74) is 8.05. The molecule has 0 bridgehead atoms. The van der Waals surface area contributed by atoms with Gasteiger partial charge in [0.15, 0.2) is 0 Å². The summed E-state index contributed by atoms with van der Waals surface area (Å²) in [5, 5.41) is 2.72. The number of nitrogen functional groups attached to an aromatic ring is 1. The largest absolute Gasteiger partial charge is 0.462 e. The summed E-state index contributed by atoms with van der Waals surface area (Å²) >= 11 is 0. The maximum atomic E-state index is 13.0. The van der Waals surface area contributed by atoms with Crippen LogP contribution in [-0.2, 0) is 4.74 Å². The molecule has 0 saturated heterocycles. The van der Waals surface area contributed by atoms with Gasteiger partial charge in [-0.2, -0.15) is 0 Å². The smallest absolute Gasteiger partial charge is 0.338 e. The van der Waals surface area contributed by atoms with E-state index >= 15 is 0 Å². The maximum Gasteiger partial charge on any atom is 0.338 e. The molecular formula is C25H21N3O5. The van der Waals surface area contributed by atoms with Crippen LogP contribution in [-0.4, -0.2) is 30.3 Å². The number of nitrogens with one attached hydrogen (secondary N) is 1. The summed E-state index contributed by atoms with van der Waals surface area (Å²) in [6.07, 6.45) is 0.710. The van der Waals surface area contributed by atoms with Crippen molar-refractivity contribution in [1.29, 1.82) is 0 Å². The van der Waals surface area contributed by atoms with Crippen molar-refractivity contribution < 1.29 is 23.9 Å². The average molecular weight is 443 g/mol. The molecule has 0 atom stereocenters. The van der Waals surface area contributed by atoms with Gasteiger partial charge in [-0.1, -0.05) is 6.92 Å². The monoisotopic (exact) mass is 443 g/mol. The molecule has 8 heteroatoms. The van der Waals surface area contributed by atoms with Gasteiger partial charge in [-0.05, 0) is 73.2 Å². The Kier molecular flexibility index (Phi) is 5.91. The van der Waals surface area contributed by atoms with Crippen molar-refractivity contribution in [3.8, 4) is 0 Å². The Bertz CT molecular complexity index is 1250. The molecule has 0 saturated carbocycles. The predicted molar refractivity (Wildman–Crippen MR) is 123 cm³/mol. The fourth-order valence-corrected chi connectivity index (χ4v) is 3.42. The summed E-state index contributed by atoms with van der Waals surface area (Å²) in [6, 6.07) is 17.0. The van der Waals surface area contributed by atoms with Crippen LogP contribution in [0, 0.1) is 0 Å². The SMILES string of the molecule is CCCOC(=O)c1ccc(N2C(=O)c3ccc(NC(=O)c4ccc(N)cc4)cc3C2=O)cc1. The van der Waals surface area contributed by atoms with Crippen LogP contribution in [0.5, 0.6) is 0 Å². The molecule has 0 aliphatic carbocycles. The van der Waals surface area contributed by atoms with Crippen LogP contribution >= 0.6 is 0 Å². The number of benzene rings is 3. The summed E-state index contributed by atoms with van der Waals surface area (Å²) in [6.45, 7) is 2.21. The molecule has 0 spiro atoms. The Morgan fingerprint density at radius 2 is 1.52 bits per heavy atom. The van der Waals surface area contributed by atoms with E-state index in [2.05, 4.69) is 5.32 Å². The third-order valence-corrected chi connectivity index (χ3v) is 5.12. The van der Waals surface area contributed by atoms with E-state index in [9.17, 15) is 19.2 Å². The van der Waals surface area contributed by atoms with Crippen molar-refractivity contribution in [2.45, 2.75) is 13.3 Å². The van der Waals surface area contributed by atoms with E-state index in [0.717, 1.165) is 4.90 Å². The van der Waals surface area contributed by atoms with Gasteiger partial charge in [0, 0.05) is 16.9 Å². The lowest BCUT2D eigenvalue weighted by Crippen LogP contribution is -2.29. The second-order valence-corrected chi connectivity index (χ2v) is 7.47. The van der Waals surface area contributed by atoms with Crippen LogP contribution < -0.4 is 16.0 Å². The molecule has 1 aliphatic rings. The van der Waals surface area contributed by atoms with Crippen molar-refractivity contribution in [2.24, 2.45) is 0 Å². The highest BCUT2D eigenvalue weighted by Gasteiger charge is 2.37. The first-order chi connectivity index (χ1) is 15.9. The second-order valence-electron chi connectivity index (χ2n) is 7.47. The number of fused-ring (bicyclic) bond motifs is 1. The topological polar surface area (TPSA) is 119 Å². The number of nitrogens with two attached hydrogens (primary N) is 1. The van der Waals surface area contributed by atoms with Crippen LogP contribution in [0.3, 0.4) is 0 Å². The fraction of sp³-hybridized carbons (Fsp3) is 0.120. The lowest BCUT2D eigenvalue weighted by molar-refractivity contribution is 0.0505. The van der Waals surface area contributed by atoms with Gasteiger partial charge in [0.1, 0.15) is 0 Å². The number of hydrogen-bond donors (Lipinski definition) is 2. The molecule has 3 aromatic carbocycles. The average Bonchev–Trinajstić information content (AvgIpc) is 3.07. The van der Waals surface area contributed by atoms with Gasteiger partial charge in [0.25, 0.3) is 17.7 Å². The Morgan fingerprint density at radius 3 is 2.18 bits per heavy atom. The number of esters is 1. The zero-order chi connectivity index (χ0) is 23.5. The second kappa shape index (κ2) is 8.96. The number of amides is 3. The number of anilines is 3. The van der Waals surface area contributed by atoms with Gasteiger partial charge in [-0.15, -0.1) is 0 Å². The zero-order valence-electron chi connectivity index (χ0n) is 17.8. The molecule has 1 heterocycles. The van der Waals surface area contributed by atoms with Gasteiger partial charge in [0.05, 0.1) is 29.0 Å². The van der Waals surface area contributed by atoms with Gasteiger partial charge < -0.3 is 15.8 Å². The predicted octanol–water partition coefficient (Wildman–Crippen LogP) is 3.89. The molecule has 33 heavy (non-hydrogen) atoms. The van der Waals surface area contributed by atoms with E-state index in [4.69, 9.17) is 10.5 Å². The standard InChI is InChI=1S/C25H21N3O5/c1-2-13-33-25(32)16-5-10-19(11-6-16)28-23(30)20-12-9-18(14-21(20)24(28)31)27-22(29)15-3-7-17(26)8-4-15/h3-12,14H,2,13,26H2,1H3,(H,27,29). The molecule has 0 fully saturated rings. The Morgan fingerprint density at radius 1 is 0.879 bits per heavy atom. The normalized spacial score (nSPS) is 12.5. The van der Waals surface area contributed by atoms with E-state index < -0.39 is 17.8 Å². The first-order valence-electron chi connectivity index (χ1n) is 10.4. The minimum absolute atomic E-state index is 0.182. The molecule has 3 amide bonds. The van der Waals surface area contributed by atoms with Gasteiger partial charge in [-0.3, -0.25) is 14.4 Å². The molecule has 8 nitrogen and oxygen atoms in total. The minimum Gasteiger partial charge on any atom is -0.462 e. The quantitative estimate of drug-likeness (QED) is 0.339. The van der Waals surface area contributed by atoms with E-state index in [-0.39, 0.29) is 17.0 Å². The van der Waals surface area contributed by atoms with Crippen molar-refractivity contribution in [2.75, 3.05) is 22.6 Å². The molecule has 0 aromatic heterocycles. The van der Waals surface area contributed by atoms with Crippen molar-refractivity contribution in [1.82, 2.24) is 0 Å². The highest BCUT2D eigenvalue weighted by Crippen LogP contribution is 2.30. The molecule has 0 radical (unpaired) electrons. The third-order valence-electron chi connectivity index (χ3n) is 5.12. The van der Waals surface area contributed by atoms with E-state index in [0.29, 0.717) is 41.2 Å². The number of ether oxygens (including phenoxy) is 1. The van der Waals surface area contributed by atoms with E-state index in [1.54, 1.807) is 30.3 Å². The van der Waals surface area contributed by atoms with Crippen LogP contribution in [0.4, 0.5) is 17.1 Å². The molecule has 3 aromatic rings. The molecule has 1 aliphatic heterocycles. The van der Waals surface area contributed by atoms with Gasteiger partial charge in [0.2, 0.25) is 0 Å². The minimum atomic E-state index is -0.514. The molecule has 3 N–H and O–H groups in total. The first kappa shape index (κ1) is 21.8. The zero-order valence-corrected chi connectivity index (χ0v) is 17.8. The number of carbonyl (C=O) groups excluding carboxylic acids is 4. The third kappa shape index (κ3) is 4.31. The van der Waals surface area contributed by atoms with Crippen molar-refractivity contribution in [3.63, 3.8) is 0 Å². The van der Waals surface area contributed by atoms with Crippen LogP contribution in [0.15, 0.2) is 66.7 Å². The Balaban J connectivity index is 1.53. The van der Waals surface area contributed by atoms with Gasteiger partial charge in [-0.25, -0.2) is 9.69 Å². The number of carbonyl (C=O) groups is 4. The summed E-state index contributed by atoms with van der Waals surface area (Å²) < 4.78 is 5.09. The summed E-state index contributed by atoms with van der Waals surface area (Å²) in [5.74, 6) is -1.83. The number of imide groups is 1. The first-order valence-corrected chi connectivity index (χ1v) is 10.4. The Hall–Kier alpha value is -4.46. The Labute approximate surface area is 190 Å². The molecule has 166 valence electrons. The highest BCUT2D eigenvalue weighted by atomic mass is 16.5. The summed E-state index contributed by atoms with van der Waals surface area (Å²) in [7, 11) is 0. The summed E-state index contributed by atoms with van der Waals surface area (Å²) in [4.78, 5) is 51.3. The number of nitrogens with zero attached hydrogens (tertiary/aromatic N) is 1. The van der Waals surface area contributed by atoms with Gasteiger partial charge >= 0.3 is 5.97 Å². The van der Waals surface area contributed by atoms with E-state index in [1.165, 1.54) is 36.4 Å².